The van der Waals surface area contributed by atoms with Crippen molar-refractivity contribution in [2.45, 2.75) is 38.0 Å². The number of thiazole rings is 1. The van der Waals surface area contributed by atoms with Crippen LogP contribution >= 0.6 is 23.1 Å². The van der Waals surface area contributed by atoms with Crippen molar-refractivity contribution in [2.24, 2.45) is 0 Å². The van der Waals surface area contributed by atoms with Gasteiger partial charge in [0.15, 0.2) is 0 Å². The predicted molar refractivity (Wildman–Crippen MR) is 104 cm³/mol. The van der Waals surface area contributed by atoms with E-state index in [4.69, 9.17) is 0 Å². The number of rotatable bonds is 2. The lowest BCUT2D eigenvalue weighted by atomic mass is 10.1. The van der Waals surface area contributed by atoms with Crippen molar-refractivity contribution in [2.75, 3.05) is 0 Å². The van der Waals surface area contributed by atoms with E-state index in [1.54, 1.807) is 11.3 Å². The molecular formula is C20H21NS2. The van der Waals surface area contributed by atoms with Gasteiger partial charge in [-0.1, -0.05) is 49.9 Å². The van der Waals surface area contributed by atoms with Gasteiger partial charge < -0.3 is 0 Å². The van der Waals surface area contributed by atoms with Gasteiger partial charge in [0.05, 0.1) is 15.7 Å². The zero-order chi connectivity index (χ0) is 16.1. The van der Waals surface area contributed by atoms with Gasteiger partial charge in [0.1, 0.15) is 0 Å². The monoisotopic (exact) mass is 339 g/mol. The van der Waals surface area contributed by atoms with Crippen molar-refractivity contribution in [3.8, 4) is 0 Å². The summed E-state index contributed by atoms with van der Waals surface area (Å²) in [5.74, 6) is 0. The molecule has 1 aliphatic rings. The zero-order valence-electron chi connectivity index (χ0n) is 13.6. The van der Waals surface area contributed by atoms with Crippen LogP contribution in [-0.4, -0.2) is 4.98 Å². The molecule has 1 aliphatic heterocycles. The molecule has 0 amide bonds. The van der Waals surface area contributed by atoms with E-state index in [-0.39, 0.29) is 0 Å². The molecule has 1 nitrogen and oxygen atoms in total. The Morgan fingerprint density at radius 3 is 2.61 bits per heavy atom. The van der Waals surface area contributed by atoms with Gasteiger partial charge in [-0.2, -0.15) is 0 Å². The van der Waals surface area contributed by atoms with Crippen LogP contribution in [0.4, 0.5) is 0 Å². The smallest absolute Gasteiger partial charge is 0.0812 e. The van der Waals surface area contributed by atoms with E-state index in [9.17, 15) is 0 Å². The summed E-state index contributed by atoms with van der Waals surface area (Å²) in [7, 11) is 0. The van der Waals surface area contributed by atoms with Gasteiger partial charge in [0.2, 0.25) is 0 Å². The van der Waals surface area contributed by atoms with E-state index >= 15 is 0 Å². The third-order valence-corrected chi connectivity index (χ3v) is 5.73. The fourth-order valence-corrected chi connectivity index (χ4v) is 4.12. The quantitative estimate of drug-likeness (QED) is 0.546. The molecule has 0 radical (unpaired) electrons. The van der Waals surface area contributed by atoms with Crippen LogP contribution in [0.3, 0.4) is 0 Å². The topological polar surface area (TPSA) is 12.9 Å². The minimum absolute atomic E-state index is 1.10. The summed E-state index contributed by atoms with van der Waals surface area (Å²) in [5, 5.41) is 2.18. The summed E-state index contributed by atoms with van der Waals surface area (Å²) in [6.45, 7) is 4.37. The molecule has 0 bridgehead atoms. The van der Waals surface area contributed by atoms with Crippen LogP contribution in [0.2, 0.25) is 0 Å². The second kappa shape index (κ2) is 7.80. The Bertz CT molecular complexity index is 817. The van der Waals surface area contributed by atoms with Crippen LogP contribution in [0.1, 0.15) is 30.5 Å². The number of hydrogen-bond acceptors (Lipinski definition) is 3. The first-order chi connectivity index (χ1) is 11.3. The average Bonchev–Trinajstić information content (AvgIpc) is 3.09. The number of allylic oxidation sites excluding steroid dienone is 1. The van der Waals surface area contributed by atoms with Gasteiger partial charge in [-0.05, 0) is 59.6 Å². The highest BCUT2D eigenvalue weighted by Gasteiger charge is 2.04. The summed E-state index contributed by atoms with van der Waals surface area (Å²) in [6.07, 6.45) is 5.57. The molecule has 0 fully saturated rings. The van der Waals surface area contributed by atoms with Gasteiger partial charge in [-0.15, -0.1) is 11.3 Å². The van der Waals surface area contributed by atoms with Crippen molar-refractivity contribution >= 4 is 33.3 Å². The van der Waals surface area contributed by atoms with E-state index < -0.39 is 0 Å². The molecule has 1 aromatic heterocycles. The molecule has 0 atom stereocenters. The standard InChI is InChI=1S/C11H12S.C9H9NS/c1-2-9-5-6-10-4-3-7-12-11(10)8-9;1-2-7-3-4-8-9(5-7)11-6-10-8/h3,5-8H,2,4H2,1H3;3-6H,2H2,1H3. The third-order valence-electron chi connectivity index (χ3n) is 3.97. The molecule has 0 saturated carbocycles. The summed E-state index contributed by atoms with van der Waals surface area (Å²) >= 11 is 3.54. The fourth-order valence-electron chi connectivity index (χ4n) is 2.51. The SMILES string of the molecule is CCc1ccc2c(c1)SC=CC2.CCc1ccc2ncsc2c1. The lowest BCUT2D eigenvalue weighted by molar-refractivity contribution is 1.09. The first-order valence-electron chi connectivity index (χ1n) is 8.05. The zero-order valence-corrected chi connectivity index (χ0v) is 15.2. The van der Waals surface area contributed by atoms with Crippen LogP contribution in [0.5, 0.6) is 0 Å². The molecule has 0 saturated heterocycles. The molecule has 3 aromatic rings. The number of thioether (sulfide) groups is 1. The lowest BCUT2D eigenvalue weighted by Crippen LogP contribution is -1.91. The Kier molecular flexibility index (Phi) is 5.52. The number of fused-ring (bicyclic) bond motifs is 2. The summed E-state index contributed by atoms with van der Waals surface area (Å²) in [4.78, 5) is 5.65. The Balaban J connectivity index is 0.000000136. The van der Waals surface area contributed by atoms with E-state index in [0.717, 1.165) is 24.8 Å². The van der Waals surface area contributed by atoms with Gasteiger partial charge in [-0.3, -0.25) is 0 Å². The molecule has 0 N–H and O–H groups in total. The maximum atomic E-state index is 4.21. The van der Waals surface area contributed by atoms with Crippen LogP contribution in [0.15, 0.2) is 58.3 Å². The van der Waals surface area contributed by atoms with Crippen molar-refractivity contribution in [3.63, 3.8) is 0 Å². The highest BCUT2D eigenvalue weighted by atomic mass is 32.2. The van der Waals surface area contributed by atoms with E-state index in [1.165, 1.54) is 26.3 Å². The minimum atomic E-state index is 1.10. The van der Waals surface area contributed by atoms with Crippen LogP contribution < -0.4 is 0 Å². The van der Waals surface area contributed by atoms with Crippen LogP contribution in [-0.2, 0) is 19.3 Å². The Morgan fingerprint density at radius 2 is 1.78 bits per heavy atom. The molecule has 4 rings (SSSR count). The summed E-state index contributed by atoms with van der Waals surface area (Å²) in [5.41, 5.74) is 7.31. The average molecular weight is 340 g/mol. The number of benzene rings is 2. The second-order valence-corrected chi connectivity index (χ2v) is 7.33. The summed E-state index contributed by atoms with van der Waals surface area (Å²) in [6, 6.07) is 13.2. The molecule has 0 unspecified atom stereocenters. The normalized spacial score (nSPS) is 12.6. The Labute approximate surface area is 146 Å². The number of nitrogens with zero attached hydrogens (tertiary/aromatic N) is 1. The van der Waals surface area contributed by atoms with Crippen molar-refractivity contribution < 1.29 is 0 Å². The molecule has 118 valence electrons. The van der Waals surface area contributed by atoms with E-state index in [2.05, 4.69) is 66.7 Å². The Hall–Kier alpha value is -1.58. The highest BCUT2D eigenvalue weighted by Crippen LogP contribution is 2.29. The molecule has 0 spiro atoms. The third kappa shape index (κ3) is 4.04. The molecule has 0 aliphatic carbocycles. The van der Waals surface area contributed by atoms with Gasteiger partial charge >= 0.3 is 0 Å². The first-order valence-corrected chi connectivity index (χ1v) is 9.81. The van der Waals surface area contributed by atoms with E-state index in [1.807, 2.05) is 17.3 Å². The molecule has 23 heavy (non-hydrogen) atoms. The molecule has 3 heteroatoms. The van der Waals surface area contributed by atoms with E-state index in [0.29, 0.717) is 0 Å². The molecule has 2 aromatic carbocycles. The lowest BCUT2D eigenvalue weighted by Gasteiger charge is -2.10. The molecule has 2 heterocycles. The van der Waals surface area contributed by atoms with Crippen LogP contribution in [0.25, 0.3) is 10.2 Å². The fraction of sp³-hybridized carbons (Fsp3) is 0.250. The van der Waals surface area contributed by atoms with Crippen molar-refractivity contribution in [1.82, 2.24) is 4.98 Å². The van der Waals surface area contributed by atoms with Crippen molar-refractivity contribution in [3.05, 3.63) is 70.1 Å². The molecular weight excluding hydrogens is 318 g/mol. The number of aryl methyl sites for hydroxylation is 2. The first kappa shape index (κ1) is 16.3. The minimum Gasteiger partial charge on any atom is -0.245 e. The Morgan fingerprint density at radius 1 is 1.00 bits per heavy atom. The predicted octanol–water partition coefficient (Wildman–Crippen LogP) is 6.27. The number of aromatic nitrogens is 1. The second-order valence-electron chi connectivity index (χ2n) is 5.50. The largest absolute Gasteiger partial charge is 0.245 e. The van der Waals surface area contributed by atoms with Crippen LogP contribution in [0, 0.1) is 0 Å². The van der Waals surface area contributed by atoms with Crippen molar-refractivity contribution in [1.29, 1.82) is 0 Å². The van der Waals surface area contributed by atoms with Gasteiger partial charge in [-0.25, -0.2) is 4.98 Å². The van der Waals surface area contributed by atoms with Gasteiger partial charge in [0, 0.05) is 4.90 Å². The maximum absolute atomic E-state index is 4.21. The summed E-state index contributed by atoms with van der Waals surface area (Å²) < 4.78 is 1.30. The van der Waals surface area contributed by atoms with Gasteiger partial charge in [0.25, 0.3) is 0 Å². The highest BCUT2D eigenvalue weighted by molar-refractivity contribution is 8.02. The maximum Gasteiger partial charge on any atom is 0.0812 e. The number of hydrogen-bond donors (Lipinski definition) is 0.